The van der Waals surface area contributed by atoms with E-state index in [0.29, 0.717) is 6.04 Å². The molecule has 1 saturated heterocycles. The summed E-state index contributed by atoms with van der Waals surface area (Å²) in [5, 5.41) is 4.31. The van der Waals surface area contributed by atoms with Crippen LogP contribution in [0.5, 0.6) is 5.75 Å². The Morgan fingerprint density at radius 2 is 2.20 bits per heavy atom. The Labute approximate surface area is 148 Å². The van der Waals surface area contributed by atoms with Crippen molar-refractivity contribution in [2.75, 3.05) is 20.2 Å². The molecule has 130 valence electrons. The summed E-state index contributed by atoms with van der Waals surface area (Å²) in [6.45, 7) is 4.03. The van der Waals surface area contributed by atoms with Crippen LogP contribution in [0.3, 0.4) is 0 Å². The Bertz CT molecular complexity index is 840. The molecule has 0 N–H and O–H groups in total. The first-order valence-corrected chi connectivity index (χ1v) is 8.95. The standard InChI is InChI=1S/C20H24N4O/c1-15-7-8-19(25-12-9-16-5-4-11-23(16)2)17(13-15)18-14-24-20(22-18)6-3-10-21-24/h3,6-8,10,13-14,16H,4-5,9,11-12H2,1-2H3. The lowest BCUT2D eigenvalue weighted by Crippen LogP contribution is -2.26. The molecule has 0 amide bonds. The summed E-state index contributed by atoms with van der Waals surface area (Å²) in [7, 11) is 2.21. The van der Waals surface area contributed by atoms with E-state index in [0.717, 1.165) is 35.7 Å². The van der Waals surface area contributed by atoms with Gasteiger partial charge in [0.15, 0.2) is 5.65 Å². The Kier molecular flexibility index (Phi) is 4.40. The number of benzene rings is 1. The van der Waals surface area contributed by atoms with Gasteiger partial charge >= 0.3 is 0 Å². The highest BCUT2D eigenvalue weighted by Crippen LogP contribution is 2.31. The van der Waals surface area contributed by atoms with Crippen molar-refractivity contribution in [3.63, 3.8) is 0 Å². The number of fused-ring (bicyclic) bond motifs is 1. The quantitative estimate of drug-likeness (QED) is 0.714. The van der Waals surface area contributed by atoms with Gasteiger partial charge in [0.1, 0.15) is 5.75 Å². The number of imidazole rings is 1. The summed E-state index contributed by atoms with van der Waals surface area (Å²) >= 11 is 0. The number of aryl methyl sites for hydroxylation is 1. The Hall–Kier alpha value is -2.40. The fraction of sp³-hybridized carbons (Fsp3) is 0.400. The summed E-state index contributed by atoms with van der Waals surface area (Å²) in [5.74, 6) is 0.898. The zero-order chi connectivity index (χ0) is 17.2. The van der Waals surface area contributed by atoms with Gasteiger partial charge in [-0.3, -0.25) is 0 Å². The second kappa shape index (κ2) is 6.84. The van der Waals surface area contributed by atoms with Crippen LogP contribution < -0.4 is 4.74 Å². The molecule has 1 unspecified atom stereocenters. The van der Waals surface area contributed by atoms with Gasteiger partial charge < -0.3 is 9.64 Å². The highest BCUT2D eigenvalue weighted by Gasteiger charge is 2.20. The summed E-state index contributed by atoms with van der Waals surface area (Å²) < 4.78 is 7.96. The lowest BCUT2D eigenvalue weighted by molar-refractivity contribution is 0.234. The monoisotopic (exact) mass is 336 g/mol. The van der Waals surface area contributed by atoms with Gasteiger partial charge in [-0.25, -0.2) is 9.50 Å². The van der Waals surface area contributed by atoms with Crippen molar-refractivity contribution in [1.29, 1.82) is 0 Å². The van der Waals surface area contributed by atoms with Crippen molar-refractivity contribution in [3.05, 3.63) is 48.3 Å². The van der Waals surface area contributed by atoms with Crippen LogP contribution in [0, 0.1) is 6.92 Å². The molecule has 3 aromatic rings. The molecule has 1 aliphatic rings. The maximum Gasteiger partial charge on any atom is 0.154 e. The van der Waals surface area contributed by atoms with E-state index in [-0.39, 0.29) is 0 Å². The summed E-state index contributed by atoms with van der Waals surface area (Å²) in [4.78, 5) is 7.13. The van der Waals surface area contributed by atoms with Crippen molar-refractivity contribution in [2.24, 2.45) is 0 Å². The third kappa shape index (κ3) is 3.37. The number of nitrogens with zero attached hydrogens (tertiary/aromatic N) is 4. The number of rotatable bonds is 5. The number of likely N-dealkylation sites (tertiary alicyclic amines) is 1. The Morgan fingerprint density at radius 3 is 3.00 bits per heavy atom. The minimum absolute atomic E-state index is 0.647. The van der Waals surface area contributed by atoms with E-state index in [1.165, 1.54) is 24.9 Å². The zero-order valence-electron chi connectivity index (χ0n) is 14.9. The van der Waals surface area contributed by atoms with Crippen molar-refractivity contribution in [2.45, 2.75) is 32.2 Å². The molecule has 25 heavy (non-hydrogen) atoms. The minimum atomic E-state index is 0.647. The van der Waals surface area contributed by atoms with Gasteiger partial charge in [-0.05, 0) is 64.0 Å². The molecule has 1 atom stereocenters. The molecule has 0 saturated carbocycles. The largest absolute Gasteiger partial charge is 0.493 e. The van der Waals surface area contributed by atoms with Gasteiger partial charge in [0.2, 0.25) is 0 Å². The second-order valence-corrected chi connectivity index (χ2v) is 6.87. The average molecular weight is 336 g/mol. The molecule has 2 aromatic heterocycles. The van der Waals surface area contributed by atoms with Gasteiger partial charge in [-0.2, -0.15) is 5.10 Å². The van der Waals surface area contributed by atoms with E-state index in [1.807, 2.05) is 18.3 Å². The van der Waals surface area contributed by atoms with Crippen LogP contribution in [0.15, 0.2) is 42.7 Å². The normalized spacial score (nSPS) is 18.1. The summed E-state index contributed by atoms with van der Waals surface area (Å²) in [6, 6.07) is 10.8. The number of hydrogen-bond donors (Lipinski definition) is 0. The van der Waals surface area contributed by atoms with E-state index in [4.69, 9.17) is 9.72 Å². The van der Waals surface area contributed by atoms with Crippen LogP contribution in [-0.4, -0.2) is 45.7 Å². The summed E-state index contributed by atoms with van der Waals surface area (Å²) in [5.41, 5.74) is 3.97. The zero-order valence-corrected chi connectivity index (χ0v) is 14.9. The maximum atomic E-state index is 6.16. The highest BCUT2D eigenvalue weighted by molar-refractivity contribution is 5.69. The van der Waals surface area contributed by atoms with Crippen LogP contribution in [0.1, 0.15) is 24.8 Å². The number of ether oxygens (including phenoxy) is 1. The van der Waals surface area contributed by atoms with E-state index >= 15 is 0 Å². The topological polar surface area (TPSA) is 42.7 Å². The van der Waals surface area contributed by atoms with Crippen LogP contribution >= 0.6 is 0 Å². The lowest BCUT2D eigenvalue weighted by atomic mass is 10.1. The van der Waals surface area contributed by atoms with Crippen molar-refractivity contribution >= 4 is 5.65 Å². The highest BCUT2D eigenvalue weighted by atomic mass is 16.5. The molecule has 0 spiro atoms. The van der Waals surface area contributed by atoms with Gasteiger partial charge in [0, 0.05) is 17.8 Å². The van der Waals surface area contributed by atoms with Gasteiger partial charge in [-0.15, -0.1) is 0 Å². The molecule has 5 nitrogen and oxygen atoms in total. The minimum Gasteiger partial charge on any atom is -0.493 e. The molecule has 1 fully saturated rings. The molecule has 0 bridgehead atoms. The van der Waals surface area contributed by atoms with Crippen molar-refractivity contribution in [1.82, 2.24) is 19.5 Å². The SMILES string of the molecule is Cc1ccc(OCCC2CCCN2C)c(-c2cn3ncccc3n2)c1. The van der Waals surface area contributed by atoms with Gasteiger partial charge in [-0.1, -0.05) is 11.6 Å². The van der Waals surface area contributed by atoms with E-state index in [1.54, 1.807) is 10.7 Å². The molecular formula is C20H24N4O. The summed E-state index contributed by atoms with van der Waals surface area (Å²) in [6.07, 6.45) is 7.37. The molecule has 0 radical (unpaired) electrons. The fourth-order valence-corrected chi connectivity index (χ4v) is 3.58. The third-order valence-corrected chi connectivity index (χ3v) is 5.03. The first-order chi connectivity index (χ1) is 12.2. The molecule has 1 aromatic carbocycles. The third-order valence-electron chi connectivity index (χ3n) is 5.03. The van der Waals surface area contributed by atoms with Gasteiger partial charge in [0.25, 0.3) is 0 Å². The predicted octanol–water partition coefficient (Wildman–Crippen LogP) is 3.57. The van der Waals surface area contributed by atoms with Crippen LogP contribution in [0.4, 0.5) is 0 Å². The van der Waals surface area contributed by atoms with Crippen molar-refractivity contribution in [3.8, 4) is 17.0 Å². The first kappa shape index (κ1) is 16.1. The first-order valence-electron chi connectivity index (χ1n) is 8.95. The smallest absolute Gasteiger partial charge is 0.154 e. The van der Waals surface area contributed by atoms with E-state index < -0.39 is 0 Å². The fourth-order valence-electron chi connectivity index (χ4n) is 3.58. The Balaban J connectivity index is 1.56. The number of hydrogen-bond acceptors (Lipinski definition) is 4. The molecule has 0 aliphatic carbocycles. The van der Waals surface area contributed by atoms with Crippen LogP contribution in [0.25, 0.3) is 16.9 Å². The van der Waals surface area contributed by atoms with Crippen LogP contribution in [0.2, 0.25) is 0 Å². The van der Waals surface area contributed by atoms with E-state index in [2.05, 4.69) is 42.2 Å². The molecular weight excluding hydrogens is 312 g/mol. The predicted molar refractivity (Wildman–Crippen MR) is 98.9 cm³/mol. The van der Waals surface area contributed by atoms with Crippen LogP contribution in [-0.2, 0) is 0 Å². The molecule has 4 rings (SSSR count). The Morgan fingerprint density at radius 1 is 1.28 bits per heavy atom. The molecule has 3 heterocycles. The van der Waals surface area contributed by atoms with E-state index in [9.17, 15) is 0 Å². The maximum absolute atomic E-state index is 6.16. The van der Waals surface area contributed by atoms with Crippen molar-refractivity contribution < 1.29 is 4.74 Å². The molecule has 1 aliphatic heterocycles. The molecule has 5 heteroatoms. The average Bonchev–Trinajstić information content (AvgIpc) is 3.22. The number of aromatic nitrogens is 3. The van der Waals surface area contributed by atoms with Gasteiger partial charge in [0.05, 0.1) is 18.5 Å². The lowest BCUT2D eigenvalue weighted by Gasteiger charge is -2.19. The second-order valence-electron chi connectivity index (χ2n) is 6.87.